The lowest BCUT2D eigenvalue weighted by molar-refractivity contribution is -0.207. The van der Waals surface area contributed by atoms with Crippen LogP contribution >= 0.6 is 0 Å². The maximum Gasteiger partial charge on any atom is 0.344 e. The molecule has 8 saturated carbocycles. The number of rotatable bonds is 7. The Morgan fingerprint density at radius 1 is 0.791 bits per heavy atom. The molecule has 10 unspecified atom stereocenters. The molecule has 4 bridgehead atoms. The monoisotopic (exact) mass is 598 g/mol. The van der Waals surface area contributed by atoms with Gasteiger partial charge >= 0.3 is 11.9 Å². The molecule has 0 amide bonds. The average molecular weight is 599 g/mol. The first-order valence-electron chi connectivity index (χ1n) is 18.1. The van der Waals surface area contributed by atoms with E-state index in [0.717, 1.165) is 50.4 Å². The van der Waals surface area contributed by atoms with Crippen LogP contribution in [-0.4, -0.2) is 46.6 Å². The molecule has 10 atom stereocenters. The predicted octanol–water partition coefficient (Wildman–Crippen LogP) is 6.69. The molecule has 6 heteroatoms. The molecular formula is C37H58O6. The van der Waals surface area contributed by atoms with Crippen LogP contribution < -0.4 is 0 Å². The highest BCUT2D eigenvalue weighted by Gasteiger charge is 2.64. The first-order valence-corrected chi connectivity index (χ1v) is 18.1. The van der Waals surface area contributed by atoms with Crippen LogP contribution in [0.1, 0.15) is 124 Å². The van der Waals surface area contributed by atoms with E-state index in [1.54, 1.807) is 0 Å². The van der Waals surface area contributed by atoms with E-state index in [1.165, 1.54) is 51.4 Å². The molecule has 8 aliphatic carbocycles. The van der Waals surface area contributed by atoms with Crippen LogP contribution in [0.25, 0.3) is 0 Å². The lowest BCUT2D eigenvalue weighted by atomic mass is 9.43. The smallest absolute Gasteiger partial charge is 0.344 e. The van der Waals surface area contributed by atoms with Crippen LogP contribution in [0.3, 0.4) is 0 Å². The van der Waals surface area contributed by atoms with E-state index in [0.29, 0.717) is 53.8 Å². The molecule has 0 radical (unpaired) electrons. The third-order valence-corrected chi connectivity index (χ3v) is 15.8. The molecule has 8 aliphatic rings. The Labute approximate surface area is 259 Å². The number of ether oxygens (including phenoxy) is 2. The van der Waals surface area contributed by atoms with Crippen molar-refractivity contribution in [1.29, 1.82) is 0 Å². The Hall–Kier alpha value is -1.14. The van der Waals surface area contributed by atoms with Gasteiger partial charge in [-0.25, -0.2) is 4.79 Å². The van der Waals surface area contributed by atoms with Gasteiger partial charge in [-0.05, 0) is 167 Å². The van der Waals surface area contributed by atoms with Gasteiger partial charge in [0.2, 0.25) is 0 Å². The summed E-state index contributed by atoms with van der Waals surface area (Å²) in [6, 6.07) is 0. The molecule has 8 rings (SSSR count). The lowest BCUT2D eigenvalue weighted by Gasteiger charge is -2.62. The van der Waals surface area contributed by atoms with Crippen LogP contribution in [0.4, 0.5) is 0 Å². The van der Waals surface area contributed by atoms with Gasteiger partial charge in [-0.2, -0.15) is 0 Å². The van der Waals surface area contributed by atoms with Crippen molar-refractivity contribution in [2.24, 2.45) is 70.0 Å². The molecule has 0 aromatic carbocycles. The Morgan fingerprint density at radius 3 is 2.19 bits per heavy atom. The molecular weight excluding hydrogens is 540 g/mol. The van der Waals surface area contributed by atoms with E-state index >= 15 is 0 Å². The number of aliphatic hydroxyl groups is 2. The molecule has 43 heavy (non-hydrogen) atoms. The van der Waals surface area contributed by atoms with Gasteiger partial charge in [0.1, 0.15) is 5.60 Å². The topological polar surface area (TPSA) is 93.1 Å². The zero-order chi connectivity index (χ0) is 30.3. The van der Waals surface area contributed by atoms with Crippen molar-refractivity contribution in [3.05, 3.63) is 0 Å². The molecule has 0 aromatic heterocycles. The largest absolute Gasteiger partial charge is 0.456 e. The minimum Gasteiger partial charge on any atom is -0.456 e. The summed E-state index contributed by atoms with van der Waals surface area (Å²) in [7, 11) is 0. The molecule has 0 aliphatic heterocycles. The Morgan fingerprint density at radius 2 is 1.49 bits per heavy atom. The summed E-state index contributed by atoms with van der Waals surface area (Å²) in [4.78, 5) is 25.6. The fourth-order valence-electron chi connectivity index (χ4n) is 13.5. The van der Waals surface area contributed by atoms with Crippen LogP contribution in [0.5, 0.6) is 0 Å². The fraction of sp³-hybridized carbons (Fsp3) is 0.946. The summed E-state index contributed by atoms with van der Waals surface area (Å²) in [5.41, 5.74) is -0.263. The molecule has 8 fully saturated rings. The van der Waals surface area contributed by atoms with E-state index in [9.17, 15) is 19.8 Å². The van der Waals surface area contributed by atoms with Crippen LogP contribution in [0.15, 0.2) is 0 Å². The zero-order valence-electron chi connectivity index (χ0n) is 27.3. The number of carbonyl (C=O) groups is 2. The quantitative estimate of drug-likeness (QED) is 0.317. The third-order valence-electron chi connectivity index (χ3n) is 15.8. The Balaban J connectivity index is 0.914. The summed E-state index contributed by atoms with van der Waals surface area (Å²) in [6.07, 6.45) is 15.2. The first kappa shape index (κ1) is 30.5. The van der Waals surface area contributed by atoms with Crippen molar-refractivity contribution in [3.8, 4) is 0 Å². The summed E-state index contributed by atoms with van der Waals surface area (Å²) in [5, 5.41) is 22.2. The van der Waals surface area contributed by atoms with Gasteiger partial charge in [0, 0.05) is 6.42 Å². The van der Waals surface area contributed by atoms with Crippen LogP contribution in [0.2, 0.25) is 0 Å². The standard InChI is InChI=1S/C37H58O6/c1-21(5-10-33(40)42-20-34(41)43-37(4)25-14-22-13-23(16-25)17-26(37)15-22)29-8-9-30-28-7-6-24-18-27(38)11-12-35(24,2)31(28)19-32(39)36(29,30)3/h21-32,38-39H,5-20H2,1-4H3. The van der Waals surface area contributed by atoms with Gasteiger partial charge in [-0.3, -0.25) is 4.79 Å². The van der Waals surface area contributed by atoms with E-state index in [-0.39, 0.29) is 35.6 Å². The summed E-state index contributed by atoms with van der Waals surface area (Å²) in [6.45, 7) is 8.92. The van der Waals surface area contributed by atoms with Gasteiger partial charge in [-0.1, -0.05) is 20.8 Å². The summed E-state index contributed by atoms with van der Waals surface area (Å²) in [5.74, 6) is 4.88. The second kappa shape index (κ2) is 11.0. The van der Waals surface area contributed by atoms with E-state index < -0.39 is 11.6 Å². The minimum atomic E-state index is -0.394. The second-order valence-electron chi connectivity index (χ2n) is 17.5. The molecule has 0 spiro atoms. The summed E-state index contributed by atoms with van der Waals surface area (Å²) < 4.78 is 11.6. The molecule has 0 aromatic rings. The van der Waals surface area contributed by atoms with Crippen molar-refractivity contribution in [2.75, 3.05) is 6.61 Å². The minimum absolute atomic E-state index is 0.111. The zero-order valence-corrected chi connectivity index (χ0v) is 27.3. The highest BCUT2D eigenvalue weighted by atomic mass is 16.6. The van der Waals surface area contributed by atoms with Gasteiger partial charge < -0.3 is 19.7 Å². The van der Waals surface area contributed by atoms with Crippen LogP contribution in [-0.2, 0) is 19.1 Å². The number of esters is 2. The molecule has 6 nitrogen and oxygen atoms in total. The molecule has 242 valence electrons. The lowest BCUT2D eigenvalue weighted by Crippen LogP contribution is -2.58. The number of hydrogen-bond donors (Lipinski definition) is 2. The highest BCUT2D eigenvalue weighted by Crippen LogP contribution is 2.68. The van der Waals surface area contributed by atoms with E-state index in [1.807, 2.05) is 0 Å². The molecule has 2 N–H and O–H groups in total. The van der Waals surface area contributed by atoms with Crippen molar-refractivity contribution < 1.29 is 29.3 Å². The van der Waals surface area contributed by atoms with Gasteiger partial charge in [0.25, 0.3) is 0 Å². The number of carbonyl (C=O) groups excluding carboxylic acids is 2. The fourth-order valence-corrected chi connectivity index (χ4v) is 13.5. The third kappa shape index (κ3) is 4.93. The average Bonchev–Trinajstić information content (AvgIpc) is 3.33. The van der Waals surface area contributed by atoms with Crippen LogP contribution in [0, 0.1) is 70.0 Å². The highest BCUT2D eigenvalue weighted by molar-refractivity contribution is 5.76. The van der Waals surface area contributed by atoms with Crippen molar-refractivity contribution in [1.82, 2.24) is 0 Å². The Kier molecular flexibility index (Phi) is 7.80. The first-order chi connectivity index (χ1) is 20.4. The second-order valence-corrected chi connectivity index (χ2v) is 17.5. The normalized spacial score (nSPS) is 52.1. The van der Waals surface area contributed by atoms with E-state index in [4.69, 9.17) is 9.47 Å². The van der Waals surface area contributed by atoms with Gasteiger partial charge in [0.15, 0.2) is 6.61 Å². The number of fused-ring (bicyclic) bond motifs is 5. The van der Waals surface area contributed by atoms with Crippen molar-refractivity contribution in [3.63, 3.8) is 0 Å². The van der Waals surface area contributed by atoms with Gasteiger partial charge in [-0.15, -0.1) is 0 Å². The predicted molar refractivity (Wildman–Crippen MR) is 164 cm³/mol. The SMILES string of the molecule is CC(CCC(=O)OCC(=O)OC1(C)C2CC3CC(C2)CC1C3)C1CCC2C3CCC4CC(O)CCC4(C)C3CC(O)C12C. The van der Waals surface area contributed by atoms with E-state index in [2.05, 4.69) is 27.7 Å². The molecule has 0 saturated heterocycles. The maximum atomic E-state index is 12.8. The van der Waals surface area contributed by atoms with Crippen molar-refractivity contribution >= 4 is 11.9 Å². The summed E-state index contributed by atoms with van der Waals surface area (Å²) >= 11 is 0. The van der Waals surface area contributed by atoms with Crippen molar-refractivity contribution in [2.45, 2.75) is 142 Å². The Bertz CT molecular complexity index is 1060. The molecule has 0 heterocycles. The number of hydrogen-bond acceptors (Lipinski definition) is 6. The number of aliphatic hydroxyl groups excluding tert-OH is 2. The maximum absolute atomic E-state index is 12.8. The van der Waals surface area contributed by atoms with Gasteiger partial charge in [0.05, 0.1) is 12.2 Å².